The monoisotopic (exact) mass is 407 g/mol. The Hall–Kier alpha value is -0.541. The molecule has 0 aromatic rings. The zero-order chi connectivity index (χ0) is 19.0. The molecule has 0 bridgehead atoms. The number of rotatable bonds is 12. The fourth-order valence-electron chi connectivity index (χ4n) is 2.29. The van der Waals surface area contributed by atoms with Gasteiger partial charge in [0.2, 0.25) is 0 Å². The Labute approximate surface area is 165 Å². The standard InChI is InChI=1S/2C10H20O2.Cu/c1-10(2,3)8-6-4-5-7-9(11)12;1-9(2)7-5-3-4-6-8-10(11)12;/h4-8H2,1-3H3,(H,11,12);9H,3-8H2,1-2H3,(H,11,12);. The smallest absolute Gasteiger partial charge is 0.303 e. The molecule has 0 aromatic heterocycles. The molecule has 0 aliphatic heterocycles. The van der Waals surface area contributed by atoms with Crippen LogP contribution >= 0.6 is 0 Å². The SMILES string of the molecule is CC(C)(C)CCCCCC(=O)O.CC(C)CCCCCCC(=O)O.[Cu]. The zero-order valence-corrected chi connectivity index (χ0v) is 17.8. The summed E-state index contributed by atoms with van der Waals surface area (Å²) < 4.78 is 0. The van der Waals surface area contributed by atoms with Crippen LogP contribution in [0.25, 0.3) is 0 Å². The van der Waals surface area contributed by atoms with Crippen LogP contribution in [0, 0.1) is 11.3 Å². The molecule has 25 heavy (non-hydrogen) atoms. The van der Waals surface area contributed by atoms with Crippen LogP contribution in [0.1, 0.15) is 105 Å². The van der Waals surface area contributed by atoms with Gasteiger partial charge in [-0.1, -0.05) is 73.1 Å². The van der Waals surface area contributed by atoms with Crippen molar-refractivity contribution in [1.82, 2.24) is 0 Å². The fourth-order valence-corrected chi connectivity index (χ4v) is 2.29. The topological polar surface area (TPSA) is 74.6 Å². The molecule has 4 nitrogen and oxygen atoms in total. The summed E-state index contributed by atoms with van der Waals surface area (Å²) in [4.78, 5) is 20.3. The molecule has 1 radical (unpaired) electrons. The van der Waals surface area contributed by atoms with Crippen LogP contribution in [0.15, 0.2) is 0 Å². The molecule has 0 heterocycles. The van der Waals surface area contributed by atoms with Crippen molar-refractivity contribution in [2.75, 3.05) is 0 Å². The predicted octanol–water partition coefficient (Wildman–Crippen LogP) is 6.13. The largest absolute Gasteiger partial charge is 0.481 e. The van der Waals surface area contributed by atoms with Crippen molar-refractivity contribution in [3.8, 4) is 0 Å². The van der Waals surface area contributed by atoms with Crippen molar-refractivity contribution in [2.45, 2.75) is 105 Å². The molecule has 0 aromatic carbocycles. The van der Waals surface area contributed by atoms with Gasteiger partial charge >= 0.3 is 11.9 Å². The van der Waals surface area contributed by atoms with Crippen molar-refractivity contribution in [3.05, 3.63) is 0 Å². The van der Waals surface area contributed by atoms with Gasteiger partial charge in [0.1, 0.15) is 0 Å². The number of carboxylic acid groups (broad SMARTS) is 2. The summed E-state index contributed by atoms with van der Waals surface area (Å²) in [7, 11) is 0. The van der Waals surface area contributed by atoms with Crippen molar-refractivity contribution in [2.24, 2.45) is 11.3 Å². The first-order chi connectivity index (χ1) is 11.0. The van der Waals surface area contributed by atoms with Crippen molar-refractivity contribution < 1.29 is 36.9 Å². The van der Waals surface area contributed by atoms with Crippen LogP contribution in [0.5, 0.6) is 0 Å². The third-order valence-electron chi connectivity index (χ3n) is 3.74. The Morgan fingerprint density at radius 1 is 0.760 bits per heavy atom. The van der Waals surface area contributed by atoms with E-state index < -0.39 is 11.9 Å². The van der Waals surface area contributed by atoms with Gasteiger partial charge in [0, 0.05) is 29.9 Å². The first-order valence-corrected chi connectivity index (χ1v) is 9.48. The van der Waals surface area contributed by atoms with Crippen LogP contribution in [0.3, 0.4) is 0 Å². The van der Waals surface area contributed by atoms with E-state index in [9.17, 15) is 9.59 Å². The Balaban J connectivity index is -0.000000372. The molecule has 0 saturated carbocycles. The third kappa shape index (κ3) is 35.4. The molecule has 0 spiro atoms. The van der Waals surface area contributed by atoms with Crippen LogP contribution in [-0.2, 0) is 26.7 Å². The Morgan fingerprint density at radius 2 is 1.16 bits per heavy atom. The van der Waals surface area contributed by atoms with Gasteiger partial charge in [-0.25, -0.2) is 0 Å². The van der Waals surface area contributed by atoms with E-state index in [1.807, 2.05) is 0 Å². The third-order valence-corrected chi connectivity index (χ3v) is 3.74. The average molecular weight is 408 g/mol. The molecule has 0 aliphatic carbocycles. The van der Waals surface area contributed by atoms with Crippen molar-refractivity contribution in [1.29, 1.82) is 0 Å². The van der Waals surface area contributed by atoms with Crippen molar-refractivity contribution in [3.63, 3.8) is 0 Å². The zero-order valence-electron chi connectivity index (χ0n) is 16.9. The van der Waals surface area contributed by atoms with Crippen LogP contribution in [0.2, 0.25) is 0 Å². The van der Waals surface area contributed by atoms with E-state index in [0.29, 0.717) is 18.3 Å². The molecule has 0 fully saturated rings. The molecule has 0 rings (SSSR count). The first kappa shape index (κ1) is 29.2. The fraction of sp³-hybridized carbons (Fsp3) is 0.900. The number of carbonyl (C=O) groups is 2. The van der Waals surface area contributed by atoms with Gasteiger partial charge in [-0.2, -0.15) is 0 Å². The normalized spacial score (nSPS) is 10.6. The molecular weight excluding hydrogens is 368 g/mol. The molecular formula is C20H40CuO4. The van der Waals surface area contributed by atoms with Gasteiger partial charge in [-0.3, -0.25) is 9.59 Å². The van der Waals surface area contributed by atoms with Crippen molar-refractivity contribution >= 4 is 11.9 Å². The summed E-state index contributed by atoms with van der Waals surface area (Å²) in [6, 6.07) is 0. The van der Waals surface area contributed by atoms with Gasteiger partial charge in [-0.05, 0) is 30.6 Å². The summed E-state index contributed by atoms with van der Waals surface area (Å²) >= 11 is 0. The Morgan fingerprint density at radius 3 is 1.52 bits per heavy atom. The Kier molecular flexibility index (Phi) is 21.3. The average Bonchev–Trinajstić information content (AvgIpc) is 2.41. The van der Waals surface area contributed by atoms with E-state index in [2.05, 4.69) is 34.6 Å². The number of unbranched alkanes of at least 4 members (excludes halogenated alkanes) is 5. The summed E-state index contributed by atoms with van der Waals surface area (Å²) in [6.45, 7) is 11.1. The van der Waals surface area contributed by atoms with E-state index in [-0.39, 0.29) is 17.1 Å². The first-order valence-electron chi connectivity index (χ1n) is 9.48. The van der Waals surface area contributed by atoms with E-state index in [1.165, 1.54) is 25.7 Å². The van der Waals surface area contributed by atoms with Crippen LogP contribution < -0.4 is 0 Å². The van der Waals surface area contributed by atoms with Gasteiger partial charge in [0.15, 0.2) is 0 Å². The molecule has 0 amide bonds. The molecule has 155 valence electrons. The number of aliphatic carboxylic acids is 2. The molecule has 5 heteroatoms. The van der Waals surface area contributed by atoms with Gasteiger partial charge in [0.25, 0.3) is 0 Å². The summed E-state index contributed by atoms with van der Waals surface area (Å²) in [5.74, 6) is -0.561. The quantitative estimate of drug-likeness (QED) is 0.301. The Bertz CT molecular complexity index is 322. The molecule has 0 aliphatic rings. The number of hydrogen-bond acceptors (Lipinski definition) is 2. The maximum atomic E-state index is 10.2. The van der Waals surface area contributed by atoms with Gasteiger partial charge < -0.3 is 10.2 Å². The second-order valence-electron chi connectivity index (χ2n) is 8.26. The summed E-state index contributed by atoms with van der Waals surface area (Å²) in [6.07, 6.45) is 10.5. The maximum Gasteiger partial charge on any atom is 0.303 e. The molecule has 0 unspecified atom stereocenters. The molecule has 0 saturated heterocycles. The minimum atomic E-state index is -0.675. The van der Waals surface area contributed by atoms with Gasteiger partial charge in [0.05, 0.1) is 0 Å². The maximum absolute atomic E-state index is 10.2. The number of carboxylic acids is 2. The van der Waals surface area contributed by atoms with E-state index in [1.54, 1.807) is 0 Å². The second-order valence-corrected chi connectivity index (χ2v) is 8.26. The minimum Gasteiger partial charge on any atom is -0.481 e. The number of hydrogen-bond donors (Lipinski definition) is 2. The minimum absolute atomic E-state index is 0. The van der Waals surface area contributed by atoms with E-state index in [0.717, 1.165) is 38.0 Å². The van der Waals surface area contributed by atoms with Gasteiger partial charge in [-0.15, -0.1) is 0 Å². The molecule has 2 N–H and O–H groups in total. The van der Waals surface area contributed by atoms with E-state index >= 15 is 0 Å². The predicted molar refractivity (Wildman–Crippen MR) is 100 cm³/mol. The summed E-state index contributed by atoms with van der Waals surface area (Å²) in [5, 5.41) is 16.7. The van der Waals surface area contributed by atoms with E-state index in [4.69, 9.17) is 10.2 Å². The molecule has 0 atom stereocenters. The van der Waals surface area contributed by atoms with Crippen LogP contribution in [0.4, 0.5) is 0 Å². The summed E-state index contributed by atoms with van der Waals surface area (Å²) in [5.41, 5.74) is 0.392. The van der Waals surface area contributed by atoms with Crippen LogP contribution in [-0.4, -0.2) is 22.2 Å². The second kappa shape index (κ2) is 18.3.